The average Bonchev–Trinajstić information content (AvgIpc) is 2.54. The maximum atomic E-state index is 12.9. The molecule has 2 N–H and O–H groups in total. The second-order valence-corrected chi connectivity index (χ2v) is 7.86. The van der Waals surface area contributed by atoms with E-state index in [-0.39, 0.29) is 16.1 Å². The maximum absolute atomic E-state index is 12.9. The van der Waals surface area contributed by atoms with Gasteiger partial charge in [0.25, 0.3) is 0 Å². The zero-order chi connectivity index (χ0) is 15.3. The van der Waals surface area contributed by atoms with Gasteiger partial charge in [-0.1, -0.05) is 30.3 Å². The first-order valence-corrected chi connectivity index (χ1v) is 8.82. The summed E-state index contributed by atoms with van der Waals surface area (Å²) < 4.78 is 0.0699. The van der Waals surface area contributed by atoms with Crippen LogP contribution in [0.25, 0.3) is 0 Å². The fourth-order valence-electron chi connectivity index (χ4n) is 2.79. The molecule has 1 fully saturated rings. The molecule has 0 unspecified atom stereocenters. The lowest BCUT2D eigenvalue weighted by Crippen LogP contribution is -2.52. The minimum Gasteiger partial charge on any atom is -0.354 e. The van der Waals surface area contributed by atoms with E-state index in [4.69, 9.17) is 0 Å². The highest BCUT2D eigenvalue weighted by Crippen LogP contribution is 2.34. The molecule has 3 nitrogen and oxygen atoms in total. The first-order chi connectivity index (χ1) is 10.0. The Bertz CT molecular complexity index is 467. The summed E-state index contributed by atoms with van der Waals surface area (Å²) in [5.74, 6) is 0.178. The molecule has 1 aromatic rings. The number of carbonyl (C=O) groups excluding carboxylic acids is 1. The van der Waals surface area contributed by atoms with Crippen molar-refractivity contribution in [1.29, 1.82) is 0 Å². The van der Waals surface area contributed by atoms with Gasteiger partial charge in [-0.05, 0) is 51.6 Å². The number of benzene rings is 1. The van der Waals surface area contributed by atoms with E-state index >= 15 is 0 Å². The van der Waals surface area contributed by atoms with Gasteiger partial charge in [0, 0.05) is 11.3 Å². The first kappa shape index (κ1) is 16.4. The second kappa shape index (κ2) is 6.84. The second-order valence-electron chi connectivity index (χ2n) is 6.34. The largest absolute Gasteiger partial charge is 0.354 e. The first-order valence-electron chi connectivity index (χ1n) is 7.60. The minimum atomic E-state index is -0.374. The van der Waals surface area contributed by atoms with E-state index < -0.39 is 0 Å². The van der Waals surface area contributed by atoms with Gasteiger partial charge in [0.15, 0.2) is 0 Å². The molecule has 4 heteroatoms. The Morgan fingerprint density at radius 2 is 1.90 bits per heavy atom. The summed E-state index contributed by atoms with van der Waals surface area (Å²) in [6, 6.07) is 10.2. The number of hydrogen-bond donors (Lipinski definition) is 2. The molecule has 21 heavy (non-hydrogen) atoms. The van der Waals surface area contributed by atoms with E-state index in [1.54, 1.807) is 11.8 Å². The van der Waals surface area contributed by atoms with Gasteiger partial charge in [-0.3, -0.25) is 4.79 Å². The third-order valence-corrected chi connectivity index (χ3v) is 5.69. The summed E-state index contributed by atoms with van der Waals surface area (Å²) in [5.41, 5.74) is 0.770. The van der Waals surface area contributed by atoms with Crippen molar-refractivity contribution in [3.8, 4) is 0 Å². The van der Waals surface area contributed by atoms with Crippen molar-refractivity contribution in [2.75, 3.05) is 25.9 Å². The molecule has 1 aliphatic heterocycles. The summed E-state index contributed by atoms with van der Waals surface area (Å²) in [5, 5.41) is 6.56. The van der Waals surface area contributed by atoms with Crippen molar-refractivity contribution >= 4 is 17.7 Å². The van der Waals surface area contributed by atoms with Crippen LogP contribution in [0.2, 0.25) is 0 Å². The number of amides is 1. The van der Waals surface area contributed by atoms with Crippen molar-refractivity contribution < 1.29 is 4.79 Å². The van der Waals surface area contributed by atoms with Gasteiger partial charge in [0.1, 0.15) is 0 Å². The van der Waals surface area contributed by atoms with Gasteiger partial charge in [-0.25, -0.2) is 0 Å². The van der Waals surface area contributed by atoms with Gasteiger partial charge in [0.05, 0.1) is 5.41 Å². The van der Waals surface area contributed by atoms with Crippen LogP contribution in [0.5, 0.6) is 0 Å². The lowest BCUT2D eigenvalue weighted by Gasteiger charge is -2.37. The van der Waals surface area contributed by atoms with Crippen LogP contribution >= 0.6 is 11.8 Å². The molecular formula is C17H26N2OS. The van der Waals surface area contributed by atoms with Crippen LogP contribution in [0.1, 0.15) is 32.3 Å². The van der Waals surface area contributed by atoms with Gasteiger partial charge < -0.3 is 10.6 Å². The Morgan fingerprint density at radius 1 is 1.29 bits per heavy atom. The van der Waals surface area contributed by atoms with Crippen molar-refractivity contribution in [3.63, 3.8) is 0 Å². The van der Waals surface area contributed by atoms with Gasteiger partial charge in [0.2, 0.25) is 5.91 Å². The SMILES string of the molecule is CSC(C)(C)CNC(=O)C1(c2ccccc2)CCNCC1. The van der Waals surface area contributed by atoms with Gasteiger partial charge in [-0.2, -0.15) is 11.8 Å². The zero-order valence-corrected chi connectivity index (χ0v) is 14.1. The monoisotopic (exact) mass is 306 g/mol. The molecule has 0 aromatic heterocycles. The summed E-state index contributed by atoms with van der Waals surface area (Å²) in [4.78, 5) is 12.9. The molecule has 0 bridgehead atoms. The van der Waals surface area contributed by atoms with E-state index in [2.05, 4.69) is 42.9 Å². The normalized spacial score (nSPS) is 18.2. The number of carbonyl (C=O) groups is 1. The lowest BCUT2D eigenvalue weighted by molar-refractivity contribution is -0.127. The van der Waals surface area contributed by atoms with Crippen LogP contribution in [0.3, 0.4) is 0 Å². The number of rotatable bonds is 5. The number of thioether (sulfide) groups is 1. The molecule has 116 valence electrons. The Balaban J connectivity index is 2.18. The Hall–Kier alpha value is -1.00. The summed E-state index contributed by atoms with van der Waals surface area (Å²) >= 11 is 1.78. The summed E-state index contributed by atoms with van der Waals surface area (Å²) in [6.07, 6.45) is 3.81. The maximum Gasteiger partial charge on any atom is 0.230 e. The fourth-order valence-corrected chi connectivity index (χ4v) is 3.01. The van der Waals surface area contributed by atoms with Crippen molar-refractivity contribution in [3.05, 3.63) is 35.9 Å². The number of nitrogens with one attached hydrogen (secondary N) is 2. The Morgan fingerprint density at radius 3 is 2.48 bits per heavy atom. The quantitative estimate of drug-likeness (QED) is 0.878. The highest BCUT2D eigenvalue weighted by molar-refractivity contribution is 7.99. The molecule has 0 aliphatic carbocycles. The third-order valence-electron chi connectivity index (χ3n) is 4.45. The predicted octanol–water partition coefficient (Wildman–Crippen LogP) is 2.57. The predicted molar refractivity (Wildman–Crippen MR) is 90.8 cm³/mol. The van der Waals surface area contributed by atoms with Crippen LogP contribution in [-0.4, -0.2) is 36.5 Å². The highest BCUT2D eigenvalue weighted by Gasteiger charge is 2.41. The topological polar surface area (TPSA) is 41.1 Å². The lowest BCUT2D eigenvalue weighted by atomic mass is 9.72. The van der Waals surface area contributed by atoms with Crippen LogP contribution < -0.4 is 10.6 Å². The molecule has 0 atom stereocenters. The molecule has 2 rings (SSSR count). The summed E-state index contributed by atoms with van der Waals surface area (Å²) in [7, 11) is 0. The van der Waals surface area contributed by atoms with Crippen LogP contribution in [-0.2, 0) is 10.2 Å². The van der Waals surface area contributed by atoms with Gasteiger partial charge >= 0.3 is 0 Å². The van der Waals surface area contributed by atoms with Crippen molar-refractivity contribution in [1.82, 2.24) is 10.6 Å². The molecule has 0 radical (unpaired) electrons. The van der Waals surface area contributed by atoms with Gasteiger partial charge in [-0.15, -0.1) is 0 Å². The molecule has 1 aromatic carbocycles. The van der Waals surface area contributed by atoms with E-state index in [0.717, 1.165) is 31.5 Å². The standard InChI is InChI=1S/C17H26N2OS/c1-16(2,21-3)13-19-15(20)17(9-11-18-12-10-17)14-7-5-4-6-8-14/h4-8,18H,9-13H2,1-3H3,(H,19,20). The van der Waals surface area contributed by atoms with Crippen molar-refractivity contribution in [2.45, 2.75) is 36.9 Å². The van der Waals surface area contributed by atoms with E-state index in [1.807, 2.05) is 18.2 Å². The molecule has 0 saturated carbocycles. The van der Waals surface area contributed by atoms with Crippen LogP contribution in [0, 0.1) is 0 Å². The third kappa shape index (κ3) is 3.80. The molecule has 0 spiro atoms. The molecule has 1 amide bonds. The van der Waals surface area contributed by atoms with E-state index in [9.17, 15) is 4.79 Å². The highest BCUT2D eigenvalue weighted by atomic mass is 32.2. The van der Waals surface area contributed by atoms with E-state index in [1.165, 1.54) is 0 Å². The van der Waals surface area contributed by atoms with Crippen LogP contribution in [0.15, 0.2) is 30.3 Å². The Kier molecular flexibility index (Phi) is 5.33. The average molecular weight is 306 g/mol. The van der Waals surface area contributed by atoms with Crippen LogP contribution in [0.4, 0.5) is 0 Å². The smallest absolute Gasteiger partial charge is 0.230 e. The molecule has 1 saturated heterocycles. The number of hydrogen-bond acceptors (Lipinski definition) is 3. The summed E-state index contributed by atoms with van der Waals surface area (Å²) in [6.45, 7) is 6.82. The molecule has 1 aliphatic rings. The minimum absolute atomic E-state index is 0.0699. The van der Waals surface area contributed by atoms with E-state index in [0.29, 0.717) is 6.54 Å². The Labute approximate surface area is 132 Å². The molecular weight excluding hydrogens is 280 g/mol. The number of piperidine rings is 1. The zero-order valence-electron chi connectivity index (χ0n) is 13.2. The van der Waals surface area contributed by atoms with Crippen molar-refractivity contribution in [2.24, 2.45) is 0 Å². The fraction of sp³-hybridized carbons (Fsp3) is 0.588. The molecule has 1 heterocycles.